The molecule has 1 fully saturated rings. The highest BCUT2D eigenvalue weighted by Crippen LogP contribution is 2.27. The number of amides is 1. The molecular weight excluding hydrogens is 380 g/mol. The molecule has 1 aliphatic rings. The number of nitrogens with zero attached hydrogens (tertiary/aromatic N) is 6. The molecule has 0 spiro atoms. The molecule has 1 aliphatic heterocycles. The fourth-order valence-electron chi connectivity index (χ4n) is 4.16. The lowest BCUT2D eigenvalue weighted by atomic mass is 9.95. The number of aromatic nitrogens is 5. The Bertz CT molecular complexity index is 1270. The Balaban J connectivity index is 1.21. The van der Waals surface area contributed by atoms with Gasteiger partial charge in [-0.15, -0.1) is 10.2 Å². The van der Waals surface area contributed by atoms with Gasteiger partial charge < -0.3 is 4.90 Å². The number of carbonyl (C=O) groups is 1. The number of likely N-dealkylation sites (tertiary alicyclic amines) is 1. The molecule has 8 nitrogen and oxygen atoms in total. The van der Waals surface area contributed by atoms with Crippen LogP contribution in [-0.2, 0) is 11.3 Å². The third-order valence-corrected chi connectivity index (χ3v) is 5.85. The first-order chi connectivity index (χ1) is 14.7. The number of carbonyl (C=O) groups excluding carboxylic acids is 1. The van der Waals surface area contributed by atoms with E-state index >= 15 is 0 Å². The van der Waals surface area contributed by atoms with Gasteiger partial charge in [-0.05, 0) is 37.1 Å². The summed E-state index contributed by atoms with van der Waals surface area (Å²) in [5, 5.41) is 9.18. The van der Waals surface area contributed by atoms with Crippen molar-refractivity contribution in [2.75, 3.05) is 13.1 Å². The summed E-state index contributed by atoms with van der Waals surface area (Å²) in [6, 6.07) is 13.1. The molecule has 0 N–H and O–H groups in total. The molecule has 8 heteroatoms. The molecule has 0 aliphatic carbocycles. The number of rotatable bonds is 4. The van der Waals surface area contributed by atoms with Crippen LogP contribution in [0.2, 0.25) is 0 Å². The molecule has 0 radical (unpaired) electrons. The van der Waals surface area contributed by atoms with Gasteiger partial charge in [0.2, 0.25) is 5.91 Å². The highest BCUT2D eigenvalue weighted by molar-refractivity contribution is 5.77. The van der Waals surface area contributed by atoms with Gasteiger partial charge in [0.25, 0.3) is 5.56 Å². The van der Waals surface area contributed by atoms with Gasteiger partial charge in [-0.25, -0.2) is 4.98 Å². The Kier molecular flexibility index (Phi) is 4.74. The number of benzene rings is 1. The summed E-state index contributed by atoms with van der Waals surface area (Å²) < 4.78 is 3.55. The van der Waals surface area contributed by atoms with Crippen LogP contribution < -0.4 is 5.56 Å². The average Bonchev–Trinajstić information content (AvgIpc) is 3.23. The number of pyridine rings is 1. The molecule has 0 atom stereocenters. The van der Waals surface area contributed by atoms with E-state index in [9.17, 15) is 9.59 Å². The molecular formula is C22H22N6O2. The highest BCUT2D eigenvalue weighted by Gasteiger charge is 2.26. The zero-order chi connectivity index (χ0) is 20.5. The van der Waals surface area contributed by atoms with Crippen molar-refractivity contribution in [3.8, 4) is 0 Å². The van der Waals surface area contributed by atoms with Crippen molar-refractivity contribution in [3.05, 3.63) is 71.2 Å². The van der Waals surface area contributed by atoms with Crippen molar-refractivity contribution >= 4 is 22.5 Å². The number of piperidine rings is 1. The molecule has 0 unspecified atom stereocenters. The lowest BCUT2D eigenvalue weighted by molar-refractivity contribution is -0.132. The van der Waals surface area contributed by atoms with E-state index in [2.05, 4.69) is 15.2 Å². The number of aryl methyl sites for hydroxylation is 1. The maximum atomic E-state index is 12.7. The number of hydrogen-bond donors (Lipinski definition) is 0. The molecule has 3 aromatic heterocycles. The van der Waals surface area contributed by atoms with E-state index in [4.69, 9.17) is 0 Å². The van der Waals surface area contributed by atoms with Crippen molar-refractivity contribution in [1.82, 2.24) is 29.0 Å². The van der Waals surface area contributed by atoms with Gasteiger partial charge in [0, 0.05) is 38.2 Å². The van der Waals surface area contributed by atoms with E-state index in [1.807, 2.05) is 51.9 Å². The van der Waals surface area contributed by atoms with Gasteiger partial charge in [0.05, 0.1) is 17.2 Å². The third-order valence-electron chi connectivity index (χ3n) is 5.85. The average molecular weight is 402 g/mol. The Labute approximate surface area is 172 Å². The number of hydrogen-bond acceptors (Lipinski definition) is 5. The number of para-hydroxylation sites is 1. The SMILES string of the molecule is O=C(CCn1cnc2ccccc2c1=O)N1CCC(c2nnc3ccccn23)CC1. The van der Waals surface area contributed by atoms with Gasteiger partial charge >= 0.3 is 0 Å². The van der Waals surface area contributed by atoms with Gasteiger partial charge in [-0.1, -0.05) is 18.2 Å². The monoisotopic (exact) mass is 402 g/mol. The second-order valence-electron chi connectivity index (χ2n) is 7.65. The van der Waals surface area contributed by atoms with E-state index in [0.717, 1.165) is 24.3 Å². The minimum Gasteiger partial charge on any atom is -0.343 e. The lowest BCUT2D eigenvalue weighted by Gasteiger charge is -2.31. The summed E-state index contributed by atoms with van der Waals surface area (Å²) in [7, 11) is 0. The van der Waals surface area contributed by atoms with Crippen molar-refractivity contribution in [1.29, 1.82) is 0 Å². The summed E-state index contributed by atoms with van der Waals surface area (Å²) in [5.41, 5.74) is 1.42. The molecule has 1 saturated heterocycles. The zero-order valence-electron chi connectivity index (χ0n) is 16.5. The summed E-state index contributed by atoms with van der Waals surface area (Å²) in [4.78, 5) is 31.5. The largest absolute Gasteiger partial charge is 0.343 e. The minimum absolute atomic E-state index is 0.0691. The Morgan fingerprint density at radius 2 is 1.83 bits per heavy atom. The molecule has 30 heavy (non-hydrogen) atoms. The number of fused-ring (bicyclic) bond motifs is 2. The maximum Gasteiger partial charge on any atom is 0.261 e. The first-order valence-corrected chi connectivity index (χ1v) is 10.2. The summed E-state index contributed by atoms with van der Waals surface area (Å²) in [6.07, 6.45) is 5.52. The highest BCUT2D eigenvalue weighted by atomic mass is 16.2. The smallest absolute Gasteiger partial charge is 0.261 e. The molecule has 5 rings (SSSR count). The zero-order valence-corrected chi connectivity index (χ0v) is 16.5. The topological polar surface area (TPSA) is 85.4 Å². The molecule has 1 aromatic carbocycles. The van der Waals surface area contributed by atoms with Crippen LogP contribution in [0.25, 0.3) is 16.6 Å². The second-order valence-corrected chi connectivity index (χ2v) is 7.65. The molecule has 4 heterocycles. The van der Waals surface area contributed by atoms with Crippen LogP contribution >= 0.6 is 0 Å². The van der Waals surface area contributed by atoms with Crippen molar-refractivity contribution in [3.63, 3.8) is 0 Å². The van der Waals surface area contributed by atoms with E-state index in [-0.39, 0.29) is 11.5 Å². The summed E-state index contributed by atoms with van der Waals surface area (Å²) in [5.74, 6) is 1.32. The quantitative estimate of drug-likeness (QED) is 0.523. The lowest BCUT2D eigenvalue weighted by Crippen LogP contribution is -2.39. The van der Waals surface area contributed by atoms with Crippen molar-refractivity contribution in [2.24, 2.45) is 0 Å². The Morgan fingerprint density at radius 3 is 2.70 bits per heavy atom. The second kappa shape index (κ2) is 7.70. The van der Waals surface area contributed by atoms with E-state index < -0.39 is 0 Å². The van der Waals surface area contributed by atoms with Gasteiger partial charge in [-0.2, -0.15) is 0 Å². The first kappa shape index (κ1) is 18.5. The van der Waals surface area contributed by atoms with Crippen LogP contribution in [0.5, 0.6) is 0 Å². The third kappa shape index (κ3) is 3.34. The predicted octanol–water partition coefficient (Wildman–Crippen LogP) is 2.24. The van der Waals surface area contributed by atoms with E-state index in [0.29, 0.717) is 42.9 Å². The molecule has 0 bridgehead atoms. The standard InChI is InChI=1S/C22H22N6O2/c29-20(10-14-27-15-23-18-6-2-1-5-17(18)22(27)30)26-12-8-16(9-13-26)21-25-24-19-7-3-4-11-28(19)21/h1-7,11,15-16H,8-10,12-14H2. The summed E-state index contributed by atoms with van der Waals surface area (Å²) in [6.45, 7) is 1.72. The van der Waals surface area contributed by atoms with Crippen LogP contribution in [0.4, 0.5) is 0 Å². The van der Waals surface area contributed by atoms with Crippen LogP contribution in [-0.4, -0.2) is 48.0 Å². The van der Waals surface area contributed by atoms with Crippen LogP contribution in [0.1, 0.15) is 31.0 Å². The normalized spacial score (nSPS) is 15.1. The van der Waals surface area contributed by atoms with Crippen molar-refractivity contribution < 1.29 is 4.79 Å². The molecule has 0 saturated carbocycles. The van der Waals surface area contributed by atoms with Crippen LogP contribution in [0, 0.1) is 0 Å². The van der Waals surface area contributed by atoms with Gasteiger partial charge in [0.15, 0.2) is 5.65 Å². The van der Waals surface area contributed by atoms with Crippen LogP contribution in [0.3, 0.4) is 0 Å². The van der Waals surface area contributed by atoms with Crippen molar-refractivity contribution in [2.45, 2.75) is 31.7 Å². The van der Waals surface area contributed by atoms with Gasteiger partial charge in [-0.3, -0.25) is 18.6 Å². The molecule has 152 valence electrons. The van der Waals surface area contributed by atoms with Gasteiger partial charge in [0.1, 0.15) is 5.82 Å². The van der Waals surface area contributed by atoms with E-state index in [1.165, 1.54) is 10.9 Å². The first-order valence-electron chi connectivity index (χ1n) is 10.2. The Morgan fingerprint density at radius 1 is 1.03 bits per heavy atom. The predicted molar refractivity (Wildman–Crippen MR) is 112 cm³/mol. The van der Waals surface area contributed by atoms with E-state index in [1.54, 1.807) is 6.07 Å². The maximum absolute atomic E-state index is 12.7. The molecule has 1 amide bonds. The fourth-order valence-corrected chi connectivity index (χ4v) is 4.16. The minimum atomic E-state index is -0.106. The molecule has 4 aromatic rings. The Hall–Kier alpha value is -3.55. The summed E-state index contributed by atoms with van der Waals surface area (Å²) >= 11 is 0. The fraction of sp³-hybridized carbons (Fsp3) is 0.318. The van der Waals surface area contributed by atoms with Crippen LogP contribution in [0.15, 0.2) is 59.8 Å².